The average molecular weight is 435 g/mol. The normalized spacial score (nSPS) is 11.9. The molecule has 2 amide bonds. The number of carboxylic acids is 1. The number of aryl methyl sites for hydroxylation is 2. The Labute approximate surface area is 178 Å². The molecule has 0 bridgehead atoms. The molecule has 0 aliphatic rings. The minimum absolute atomic E-state index is 0.00108. The zero-order valence-corrected chi connectivity index (χ0v) is 17.3. The maximum absolute atomic E-state index is 12.4. The molecule has 0 heterocycles. The van der Waals surface area contributed by atoms with Crippen LogP contribution in [-0.2, 0) is 9.59 Å². The molecule has 0 fully saturated rings. The van der Waals surface area contributed by atoms with Gasteiger partial charge in [-0.05, 0) is 49.6 Å². The van der Waals surface area contributed by atoms with Gasteiger partial charge in [-0.25, -0.2) is 4.79 Å². The van der Waals surface area contributed by atoms with Crippen molar-refractivity contribution in [1.29, 1.82) is 0 Å². The van der Waals surface area contributed by atoms with Crippen molar-refractivity contribution in [2.45, 2.75) is 26.3 Å². The monoisotopic (exact) mass is 434 g/mol. The summed E-state index contributed by atoms with van der Waals surface area (Å²) in [6, 6.07) is 8.94. The van der Waals surface area contributed by atoms with Crippen LogP contribution in [0.25, 0.3) is 0 Å². The highest BCUT2D eigenvalue weighted by Crippen LogP contribution is 2.24. The molecule has 0 saturated carbocycles. The number of anilines is 1. The van der Waals surface area contributed by atoms with E-state index in [9.17, 15) is 19.5 Å². The molecule has 0 aliphatic heterocycles. The summed E-state index contributed by atoms with van der Waals surface area (Å²) in [6.45, 7) is 3.75. The summed E-state index contributed by atoms with van der Waals surface area (Å²) in [7, 11) is 0. The van der Waals surface area contributed by atoms with Crippen LogP contribution in [0.2, 0.25) is 10.0 Å². The lowest BCUT2D eigenvalue weighted by Gasteiger charge is -2.14. The van der Waals surface area contributed by atoms with Gasteiger partial charge in [0.15, 0.2) is 0 Å². The van der Waals surface area contributed by atoms with Crippen molar-refractivity contribution < 1.29 is 19.5 Å². The quantitative estimate of drug-likeness (QED) is 0.563. The third-order valence-corrected chi connectivity index (χ3v) is 4.79. The van der Waals surface area contributed by atoms with Gasteiger partial charge in [-0.15, -0.1) is 0 Å². The number of aliphatic carboxylic acids is 1. The van der Waals surface area contributed by atoms with Gasteiger partial charge in [-0.3, -0.25) is 9.59 Å². The Morgan fingerprint density at radius 2 is 1.59 bits per heavy atom. The fourth-order valence-corrected chi connectivity index (χ4v) is 3.22. The molecule has 29 heavy (non-hydrogen) atoms. The Kier molecular flexibility index (Phi) is 7.82. The maximum Gasteiger partial charge on any atom is 0.326 e. The number of benzene rings is 2. The molecule has 1 atom stereocenters. The lowest BCUT2D eigenvalue weighted by Crippen LogP contribution is -2.40. The Morgan fingerprint density at radius 3 is 2.14 bits per heavy atom. The molecule has 0 aromatic heterocycles. The summed E-state index contributed by atoms with van der Waals surface area (Å²) in [4.78, 5) is 36.0. The maximum atomic E-state index is 12.4. The van der Waals surface area contributed by atoms with Crippen LogP contribution in [-0.4, -0.2) is 28.9 Å². The minimum Gasteiger partial charge on any atom is -0.480 e. The average Bonchev–Trinajstić information content (AvgIpc) is 2.63. The molecular formula is C21H20Cl2N2O4. The first-order valence-electron chi connectivity index (χ1n) is 8.72. The van der Waals surface area contributed by atoms with Crippen LogP contribution in [0.5, 0.6) is 0 Å². The second-order valence-corrected chi connectivity index (χ2v) is 7.17. The van der Waals surface area contributed by atoms with Crippen molar-refractivity contribution in [3.63, 3.8) is 0 Å². The number of nitrogens with one attached hydrogen (secondary N) is 2. The number of carbonyl (C=O) groups excluding carboxylic acids is 2. The third kappa shape index (κ3) is 6.07. The van der Waals surface area contributed by atoms with Crippen LogP contribution in [0.15, 0.2) is 48.6 Å². The van der Waals surface area contributed by atoms with Gasteiger partial charge < -0.3 is 15.7 Å². The Bertz CT molecular complexity index is 933. The minimum atomic E-state index is -1.25. The van der Waals surface area contributed by atoms with Gasteiger partial charge in [0.05, 0.1) is 15.6 Å². The summed E-state index contributed by atoms with van der Waals surface area (Å²) < 4.78 is 0. The van der Waals surface area contributed by atoms with Crippen LogP contribution >= 0.6 is 23.2 Å². The molecule has 0 radical (unpaired) electrons. The van der Waals surface area contributed by atoms with Crippen LogP contribution in [0.4, 0.5) is 5.69 Å². The van der Waals surface area contributed by atoms with E-state index in [4.69, 9.17) is 23.2 Å². The smallest absolute Gasteiger partial charge is 0.326 e. The van der Waals surface area contributed by atoms with E-state index in [0.717, 1.165) is 11.1 Å². The number of halogens is 2. The van der Waals surface area contributed by atoms with Crippen molar-refractivity contribution in [3.8, 4) is 0 Å². The molecule has 8 heteroatoms. The molecule has 2 aromatic carbocycles. The van der Waals surface area contributed by atoms with Gasteiger partial charge in [0.2, 0.25) is 5.91 Å². The van der Waals surface area contributed by atoms with Crippen LogP contribution in [0.3, 0.4) is 0 Å². The van der Waals surface area contributed by atoms with E-state index < -0.39 is 23.8 Å². The van der Waals surface area contributed by atoms with Crippen LogP contribution < -0.4 is 10.6 Å². The highest BCUT2D eigenvalue weighted by molar-refractivity contribution is 6.39. The molecule has 2 aromatic rings. The highest BCUT2D eigenvalue weighted by Gasteiger charge is 2.22. The Hall–Kier alpha value is -2.83. The zero-order valence-electron chi connectivity index (χ0n) is 15.8. The third-order valence-electron chi connectivity index (χ3n) is 4.16. The van der Waals surface area contributed by atoms with E-state index in [1.165, 1.54) is 24.3 Å². The molecular weight excluding hydrogens is 415 g/mol. The van der Waals surface area contributed by atoms with E-state index in [1.807, 2.05) is 32.0 Å². The second-order valence-electron chi connectivity index (χ2n) is 6.36. The van der Waals surface area contributed by atoms with Gasteiger partial charge in [0.25, 0.3) is 5.91 Å². The largest absolute Gasteiger partial charge is 0.480 e. The number of hydrogen-bond donors (Lipinski definition) is 3. The van der Waals surface area contributed by atoms with Crippen molar-refractivity contribution in [2.24, 2.45) is 0 Å². The molecule has 6 nitrogen and oxygen atoms in total. The number of para-hydroxylation sites is 1. The molecule has 152 valence electrons. The number of carboxylic acid groups (broad SMARTS) is 1. The lowest BCUT2D eigenvalue weighted by atomic mass is 10.1. The summed E-state index contributed by atoms with van der Waals surface area (Å²) in [5.41, 5.74) is 2.54. The molecule has 0 unspecified atom stereocenters. The SMILES string of the molecule is Cc1cccc(C)c1NC(=O)/C=C/C[C@H](NC(=O)c1c(Cl)cccc1Cl)C(=O)O. The number of amides is 2. The second kappa shape index (κ2) is 10.1. The van der Waals surface area contributed by atoms with Crippen molar-refractivity contribution in [2.75, 3.05) is 5.32 Å². The summed E-state index contributed by atoms with van der Waals surface area (Å²) in [5, 5.41) is 14.7. The highest BCUT2D eigenvalue weighted by atomic mass is 35.5. The molecule has 0 aliphatic carbocycles. The first kappa shape index (κ1) is 22.5. The standard InChI is InChI=1S/C21H20Cl2N2O4/c1-12-6-3-7-13(2)19(12)25-17(26)11-5-10-16(21(28)29)24-20(27)18-14(22)8-4-9-15(18)23/h3-9,11,16H,10H2,1-2H3,(H,24,27)(H,25,26)(H,28,29)/b11-5+/t16-/m0/s1. The van der Waals surface area contributed by atoms with E-state index in [-0.39, 0.29) is 22.0 Å². The van der Waals surface area contributed by atoms with Crippen LogP contribution in [0.1, 0.15) is 27.9 Å². The van der Waals surface area contributed by atoms with Gasteiger partial charge in [0, 0.05) is 5.69 Å². The van der Waals surface area contributed by atoms with Crippen molar-refractivity contribution in [3.05, 3.63) is 75.3 Å². The molecule has 3 N–H and O–H groups in total. The molecule has 2 rings (SSSR count). The summed E-state index contributed by atoms with van der Waals surface area (Å²) >= 11 is 12.0. The topological polar surface area (TPSA) is 95.5 Å². The van der Waals surface area contributed by atoms with E-state index in [0.29, 0.717) is 5.69 Å². The Balaban J connectivity index is 2.03. The van der Waals surface area contributed by atoms with E-state index in [1.54, 1.807) is 6.07 Å². The zero-order chi connectivity index (χ0) is 21.6. The molecule has 0 saturated heterocycles. The van der Waals surface area contributed by atoms with Gasteiger partial charge in [-0.2, -0.15) is 0 Å². The Morgan fingerprint density at radius 1 is 1.03 bits per heavy atom. The first-order chi connectivity index (χ1) is 13.7. The fourth-order valence-electron chi connectivity index (χ4n) is 2.65. The molecule has 0 spiro atoms. The van der Waals surface area contributed by atoms with Gasteiger partial charge in [0.1, 0.15) is 6.04 Å². The van der Waals surface area contributed by atoms with Crippen LogP contribution in [0, 0.1) is 13.8 Å². The summed E-state index contributed by atoms with van der Waals surface area (Å²) in [5.74, 6) is -2.35. The first-order valence-corrected chi connectivity index (χ1v) is 9.47. The van der Waals surface area contributed by atoms with Crippen molar-refractivity contribution in [1.82, 2.24) is 5.32 Å². The summed E-state index contributed by atoms with van der Waals surface area (Å²) in [6.07, 6.45) is 2.52. The predicted octanol–water partition coefficient (Wildman–Crippen LogP) is 4.38. The van der Waals surface area contributed by atoms with E-state index >= 15 is 0 Å². The number of hydrogen-bond acceptors (Lipinski definition) is 3. The van der Waals surface area contributed by atoms with Gasteiger partial charge >= 0.3 is 5.97 Å². The van der Waals surface area contributed by atoms with Crippen molar-refractivity contribution >= 4 is 46.7 Å². The number of rotatable bonds is 7. The van der Waals surface area contributed by atoms with Gasteiger partial charge in [-0.1, -0.05) is 53.5 Å². The van der Waals surface area contributed by atoms with E-state index in [2.05, 4.69) is 10.6 Å². The lowest BCUT2D eigenvalue weighted by molar-refractivity contribution is -0.139. The fraction of sp³-hybridized carbons (Fsp3) is 0.190. The predicted molar refractivity (Wildman–Crippen MR) is 114 cm³/mol. The number of carbonyl (C=O) groups is 3.